The van der Waals surface area contributed by atoms with Gasteiger partial charge in [-0.15, -0.1) is 0 Å². The van der Waals surface area contributed by atoms with Crippen molar-refractivity contribution in [3.05, 3.63) is 94.2 Å². The van der Waals surface area contributed by atoms with Crippen molar-refractivity contribution in [2.45, 2.75) is 13.1 Å². The molecule has 6 nitrogen and oxygen atoms in total. The molecule has 4 aromatic rings. The Balaban J connectivity index is 1.45. The number of hydrogen-bond donors (Lipinski definition) is 1. The normalized spacial score (nSPS) is 10.9. The molecule has 0 radical (unpaired) electrons. The third-order valence-electron chi connectivity index (χ3n) is 4.56. The summed E-state index contributed by atoms with van der Waals surface area (Å²) in [6.45, 7) is 2.18. The minimum atomic E-state index is 0.457. The molecule has 0 unspecified atom stereocenters. The second-order valence-corrected chi connectivity index (χ2v) is 7.66. The average Bonchev–Trinajstić information content (AvgIpc) is 3.19. The first-order valence-corrected chi connectivity index (χ1v) is 10.6. The summed E-state index contributed by atoms with van der Waals surface area (Å²) in [5.41, 5.74) is 3.61. The van der Waals surface area contributed by atoms with Crippen molar-refractivity contribution in [3.8, 4) is 17.1 Å². The fraction of sp³-hybridized carbons (Fsp3) is 0.174. The lowest BCUT2D eigenvalue weighted by Crippen LogP contribution is -2.21. The quantitative estimate of drug-likeness (QED) is 0.366. The van der Waals surface area contributed by atoms with Gasteiger partial charge < -0.3 is 10.1 Å². The van der Waals surface area contributed by atoms with Crippen molar-refractivity contribution in [1.82, 2.24) is 25.3 Å². The van der Waals surface area contributed by atoms with E-state index >= 15 is 0 Å². The Morgan fingerprint density at radius 2 is 1.77 bits per heavy atom. The van der Waals surface area contributed by atoms with Crippen LogP contribution >= 0.6 is 23.2 Å². The molecular formula is C23H21Cl2N5O. The fourth-order valence-corrected chi connectivity index (χ4v) is 3.53. The van der Waals surface area contributed by atoms with Gasteiger partial charge >= 0.3 is 0 Å². The van der Waals surface area contributed by atoms with E-state index in [-0.39, 0.29) is 0 Å². The van der Waals surface area contributed by atoms with Gasteiger partial charge in [0, 0.05) is 41.0 Å². The average molecular weight is 454 g/mol. The third-order valence-corrected chi connectivity index (χ3v) is 5.14. The van der Waals surface area contributed by atoms with Crippen LogP contribution in [-0.4, -0.2) is 33.1 Å². The molecule has 4 rings (SSSR count). The van der Waals surface area contributed by atoms with E-state index in [2.05, 4.69) is 10.3 Å². The van der Waals surface area contributed by atoms with E-state index in [0.717, 1.165) is 22.5 Å². The molecule has 1 N–H and O–H groups in total. The lowest BCUT2D eigenvalue weighted by atomic mass is 10.1. The van der Waals surface area contributed by atoms with Crippen molar-refractivity contribution in [2.75, 3.05) is 13.2 Å². The summed E-state index contributed by atoms with van der Waals surface area (Å²) in [6.07, 6.45) is 1.71. The summed E-state index contributed by atoms with van der Waals surface area (Å²) in [5, 5.41) is 14.0. The van der Waals surface area contributed by atoms with E-state index in [1.807, 2.05) is 60.7 Å². The van der Waals surface area contributed by atoms with Gasteiger partial charge in [0.25, 0.3) is 0 Å². The van der Waals surface area contributed by atoms with E-state index in [1.54, 1.807) is 17.1 Å². The smallest absolute Gasteiger partial charge is 0.213 e. The maximum Gasteiger partial charge on any atom is 0.213 e. The molecule has 0 atom stereocenters. The van der Waals surface area contributed by atoms with Crippen LogP contribution in [0.5, 0.6) is 5.88 Å². The molecule has 2 aromatic carbocycles. The van der Waals surface area contributed by atoms with Crippen LogP contribution in [0.2, 0.25) is 10.0 Å². The van der Waals surface area contributed by atoms with Crippen molar-refractivity contribution < 1.29 is 4.74 Å². The van der Waals surface area contributed by atoms with E-state index in [9.17, 15) is 0 Å². The van der Waals surface area contributed by atoms with Gasteiger partial charge in [0.1, 0.15) is 18.0 Å². The number of benzene rings is 2. The standard InChI is InChI=1S/C23H21Cl2N5O/c24-19-10-9-18(20(25)14-19)16-30-28-21(23(29-30)17-6-2-1-3-7-17)15-26-12-13-31-22-8-4-5-11-27-22/h1-11,14,26H,12-13,15-16H2. The number of ether oxygens (including phenoxy) is 1. The third kappa shape index (κ3) is 5.82. The second kappa shape index (κ2) is 10.4. The molecule has 0 saturated heterocycles. The number of nitrogens with zero attached hydrogens (tertiary/aromatic N) is 4. The van der Waals surface area contributed by atoms with E-state index in [0.29, 0.717) is 42.2 Å². The van der Waals surface area contributed by atoms with E-state index in [4.69, 9.17) is 38.1 Å². The van der Waals surface area contributed by atoms with Gasteiger partial charge in [-0.1, -0.05) is 65.7 Å². The largest absolute Gasteiger partial charge is 0.476 e. The fourth-order valence-electron chi connectivity index (χ4n) is 3.06. The van der Waals surface area contributed by atoms with Crippen molar-refractivity contribution in [2.24, 2.45) is 0 Å². The molecule has 0 aliphatic heterocycles. The zero-order valence-electron chi connectivity index (χ0n) is 16.7. The Morgan fingerprint density at radius 1 is 0.935 bits per heavy atom. The van der Waals surface area contributed by atoms with Crippen LogP contribution in [0.4, 0.5) is 0 Å². The molecule has 0 amide bonds. The van der Waals surface area contributed by atoms with Gasteiger partial charge in [0.2, 0.25) is 5.88 Å². The highest BCUT2D eigenvalue weighted by molar-refractivity contribution is 6.35. The Morgan fingerprint density at radius 3 is 2.55 bits per heavy atom. The van der Waals surface area contributed by atoms with Crippen LogP contribution in [0, 0.1) is 0 Å². The number of pyridine rings is 1. The van der Waals surface area contributed by atoms with Gasteiger partial charge in [0.05, 0.1) is 6.54 Å². The van der Waals surface area contributed by atoms with Gasteiger partial charge in [-0.2, -0.15) is 15.0 Å². The zero-order chi connectivity index (χ0) is 21.5. The SMILES string of the molecule is Clc1ccc(Cn2nc(CNCCOc3ccccn3)c(-c3ccccc3)n2)c(Cl)c1. The summed E-state index contributed by atoms with van der Waals surface area (Å²) in [4.78, 5) is 5.81. The lowest BCUT2D eigenvalue weighted by molar-refractivity contribution is 0.302. The van der Waals surface area contributed by atoms with Crippen LogP contribution in [0.25, 0.3) is 11.3 Å². The molecule has 2 aromatic heterocycles. The molecule has 0 fully saturated rings. The number of hydrogen-bond acceptors (Lipinski definition) is 5. The second-order valence-electron chi connectivity index (χ2n) is 6.82. The van der Waals surface area contributed by atoms with Crippen molar-refractivity contribution in [1.29, 1.82) is 0 Å². The highest BCUT2D eigenvalue weighted by Crippen LogP contribution is 2.23. The molecule has 8 heteroatoms. The Hall–Kier alpha value is -2.93. The molecule has 0 spiro atoms. The molecular weight excluding hydrogens is 433 g/mol. The Labute approximate surface area is 190 Å². The maximum absolute atomic E-state index is 6.33. The summed E-state index contributed by atoms with van der Waals surface area (Å²) in [5.74, 6) is 0.611. The molecule has 2 heterocycles. The van der Waals surface area contributed by atoms with Gasteiger partial charge in [-0.05, 0) is 23.8 Å². The van der Waals surface area contributed by atoms with Gasteiger partial charge in [-0.3, -0.25) is 0 Å². The molecule has 0 saturated carbocycles. The summed E-state index contributed by atoms with van der Waals surface area (Å²) in [7, 11) is 0. The first-order valence-electron chi connectivity index (χ1n) is 9.87. The maximum atomic E-state index is 6.33. The molecule has 158 valence electrons. The molecule has 0 aliphatic carbocycles. The lowest BCUT2D eigenvalue weighted by Gasteiger charge is -2.06. The predicted octanol–water partition coefficient (Wildman–Crippen LogP) is 4.86. The summed E-state index contributed by atoms with van der Waals surface area (Å²) < 4.78 is 5.63. The molecule has 0 bridgehead atoms. The zero-order valence-corrected chi connectivity index (χ0v) is 18.2. The Kier molecular flexibility index (Phi) is 7.14. The number of aromatic nitrogens is 4. The Bertz CT molecular complexity index is 1120. The summed E-state index contributed by atoms with van der Waals surface area (Å²) in [6, 6.07) is 21.0. The number of halogens is 2. The van der Waals surface area contributed by atoms with Crippen LogP contribution in [0.1, 0.15) is 11.3 Å². The first-order chi connectivity index (χ1) is 15.2. The van der Waals surface area contributed by atoms with E-state index < -0.39 is 0 Å². The number of nitrogens with one attached hydrogen (secondary N) is 1. The van der Waals surface area contributed by atoms with Crippen LogP contribution in [0.15, 0.2) is 72.9 Å². The first kappa shape index (κ1) is 21.3. The number of rotatable bonds is 9. The van der Waals surface area contributed by atoms with Crippen LogP contribution in [-0.2, 0) is 13.1 Å². The topological polar surface area (TPSA) is 64.9 Å². The van der Waals surface area contributed by atoms with Crippen molar-refractivity contribution in [3.63, 3.8) is 0 Å². The van der Waals surface area contributed by atoms with Crippen LogP contribution in [0.3, 0.4) is 0 Å². The monoisotopic (exact) mass is 453 g/mol. The minimum Gasteiger partial charge on any atom is -0.476 e. The molecule has 31 heavy (non-hydrogen) atoms. The van der Waals surface area contributed by atoms with E-state index in [1.165, 1.54) is 0 Å². The molecule has 0 aliphatic rings. The van der Waals surface area contributed by atoms with Crippen molar-refractivity contribution >= 4 is 23.2 Å². The van der Waals surface area contributed by atoms with Gasteiger partial charge in [-0.25, -0.2) is 4.98 Å². The highest BCUT2D eigenvalue weighted by Gasteiger charge is 2.14. The van der Waals surface area contributed by atoms with Gasteiger partial charge in [0.15, 0.2) is 0 Å². The minimum absolute atomic E-state index is 0.457. The van der Waals surface area contributed by atoms with Crippen LogP contribution < -0.4 is 10.1 Å². The predicted molar refractivity (Wildman–Crippen MR) is 122 cm³/mol. The summed E-state index contributed by atoms with van der Waals surface area (Å²) >= 11 is 12.3. The highest BCUT2D eigenvalue weighted by atomic mass is 35.5.